The zero-order valence-electron chi connectivity index (χ0n) is 12.1. The molecule has 0 spiro atoms. The van der Waals surface area contributed by atoms with E-state index in [9.17, 15) is 9.59 Å². The molecule has 2 atom stereocenters. The molecule has 0 aliphatic carbocycles. The van der Waals surface area contributed by atoms with Gasteiger partial charge in [0, 0.05) is 25.4 Å². The third kappa shape index (κ3) is 3.24. The van der Waals surface area contributed by atoms with Gasteiger partial charge in [0.1, 0.15) is 5.69 Å². The molecule has 2 saturated heterocycles. The Morgan fingerprint density at radius 3 is 2.62 bits per heavy atom. The monoisotopic (exact) mass is 308 g/mol. The summed E-state index contributed by atoms with van der Waals surface area (Å²) in [6.07, 6.45) is 2.12. The van der Waals surface area contributed by atoms with Crippen LogP contribution in [0.4, 0.5) is 5.13 Å². The molecule has 2 aliphatic heterocycles. The van der Waals surface area contributed by atoms with Crippen LogP contribution >= 0.6 is 11.3 Å². The van der Waals surface area contributed by atoms with Crippen molar-refractivity contribution in [2.75, 3.05) is 31.5 Å². The second-order valence-corrected chi connectivity index (χ2v) is 6.63. The van der Waals surface area contributed by atoms with Crippen molar-refractivity contribution >= 4 is 28.3 Å². The van der Waals surface area contributed by atoms with Crippen LogP contribution in [0, 0.1) is 11.8 Å². The number of rotatable bonds is 2. The predicted octanol–water partition coefficient (Wildman–Crippen LogP) is 1.17. The summed E-state index contributed by atoms with van der Waals surface area (Å²) in [7, 11) is 0. The number of likely N-dealkylation sites (tertiary alicyclic amines) is 1. The molecule has 114 valence electrons. The first-order valence-electron chi connectivity index (χ1n) is 7.36. The molecular formula is C14H20N4O2S. The summed E-state index contributed by atoms with van der Waals surface area (Å²) in [5, 5.41) is 8.26. The van der Waals surface area contributed by atoms with Crippen molar-refractivity contribution in [2.45, 2.75) is 19.8 Å². The van der Waals surface area contributed by atoms with E-state index >= 15 is 0 Å². The van der Waals surface area contributed by atoms with E-state index in [0.717, 1.165) is 39.0 Å². The molecule has 2 amide bonds. The smallest absolute Gasteiger partial charge is 0.273 e. The van der Waals surface area contributed by atoms with Crippen molar-refractivity contribution in [1.29, 1.82) is 0 Å². The third-order valence-corrected chi connectivity index (χ3v) is 5.07. The average molecular weight is 308 g/mol. The van der Waals surface area contributed by atoms with Gasteiger partial charge in [-0.05, 0) is 37.8 Å². The van der Waals surface area contributed by atoms with Crippen LogP contribution in [0.15, 0.2) is 5.38 Å². The van der Waals surface area contributed by atoms with Gasteiger partial charge in [-0.25, -0.2) is 4.98 Å². The van der Waals surface area contributed by atoms with E-state index in [1.807, 2.05) is 4.90 Å². The van der Waals surface area contributed by atoms with Gasteiger partial charge >= 0.3 is 0 Å². The largest absolute Gasteiger partial charge is 0.337 e. The first kappa shape index (κ1) is 14.5. The van der Waals surface area contributed by atoms with E-state index < -0.39 is 0 Å². The highest BCUT2D eigenvalue weighted by atomic mass is 32.1. The summed E-state index contributed by atoms with van der Waals surface area (Å²) in [6.45, 7) is 5.19. The maximum atomic E-state index is 12.5. The lowest BCUT2D eigenvalue weighted by Crippen LogP contribution is -2.33. The van der Waals surface area contributed by atoms with Crippen LogP contribution in [0.5, 0.6) is 0 Å². The number of nitrogens with zero attached hydrogens (tertiary/aromatic N) is 2. The first-order valence-corrected chi connectivity index (χ1v) is 8.24. The van der Waals surface area contributed by atoms with Gasteiger partial charge in [0.05, 0.1) is 0 Å². The van der Waals surface area contributed by atoms with Crippen LogP contribution in [0.2, 0.25) is 0 Å². The van der Waals surface area contributed by atoms with E-state index in [0.29, 0.717) is 22.7 Å². The number of anilines is 1. The zero-order chi connectivity index (χ0) is 14.8. The number of fused-ring (bicyclic) bond motifs is 1. The van der Waals surface area contributed by atoms with Gasteiger partial charge in [-0.2, -0.15) is 0 Å². The maximum Gasteiger partial charge on any atom is 0.273 e. The maximum absolute atomic E-state index is 12.5. The minimum Gasteiger partial charge on any atom is -0.337 e. The molecule has 1 aromatic heterocycles. The van der Waals surface area contributed by atoms with Gasteiger partial charge in [0.2, 0.25) is 5.91 Å². The van der Waals surface area contributed by atoms with Crippen LogP contribution in [-0.2, 0) is 4.79 Å². The Morgan fingerprint density at radius 2 is 2.00 bits per heavy atom. The van der Waals surface area contributed by atoms with Crippen LogP contribution in [-0.4, -0.2) is 47.9 Å². The fourth-order valence-corrected chi connectivity index (χ4v) is 3.89. The Hall–Kier alpha value is -1.47. The normalized spacial score (nSPS) is 25.3. The molecule has 21 heavy (non-hydrogen) atoms. The molecule has 6 nitrogen and oxygen atoms in total. The Bertz CT molecular complexity index is 531. The highest BCUT2D eigenvalue weighted by Crippen LogP contribution is 2.28. The third-order valence-electron chi connectivity index (χ3n) is 4.31. The highest BCUT2D eigenvalue weighted by Gasteiger charge is 2.32. The lowest BCUT2D eigenvalue weighted by molar-refractivity contribution is -0.114. The number of hydrogen-bond acceptors (Lipinski definition) is 5. The Labute approximate surface area is 127 Å². The molecule has 2 fully saturated rings. The SMILES string of the molecule is CC(=O)Nc1nc(C(=O)N2CC[C@@H]3CNC[C@@H]3CC2)cs1. The van der Waals surface area contributed by atoms with Crippen LogP contribution < -0.4 is 10.6 Å². The highest BCUT2D eigenvalue weighted by molar-refractivity contribution is 7.14. The molecule has 0 aromatic carbocycles. The van der Waals surface area contributed by atoms with E-state index in [2.05, 4.69) is 15.6 Å². The summed E-state index contributed by atoms with van der Waals surface area (Å²) in [4.78, 5) is 29.6. The summed E-state index contributed by atoms with van der Waals surface area (Å²) >= 11 is 1.29. The lowest BCUT2D eigenvalue weighted by atomic mass is 9.92. The second-order valence-electron chi connectivity index (χ2n) is 5.77. The van der Waals surface area contributed by atoms with Crippen LogP contribution in [0.25, 0.3) is 0 Å². The molecule has 0 unspecified atom stereocenters. The lowest BCUT2D eigenvalue weighted by Gasteiger charge is -2.19. The van der Waals surface area contributed by atoms with Gasteiger partial charge in [0.25, 0.3) is 5.91 Å². The average Bonchev–Trinajstić information content (AvgIpc) is 3.03. The van der Waals surface area contributed by atoms with Gasteiger partial charge < -0.3 is 15.5 Å². The van der Waals surface area contributed by atoms with Gasteiger partial charge in [-0.1, -0.05) is 0 Å². The molecule has 7 heteroatoms. The van der Waals surface area contributed by atoms with Crippen molar-refractivity contribution in [3.63, 3.8) is 0 Å². The van der Waals surface area contributed by atoms with E-state index in [1.54, 1.807) is 5.38 Å². The van der Waals surface area contributed by atoms with Gasteiger partial charge in [0.15, 0.2) is 5.13 Å². The molecule has 0 saturated carbocycles. The fourth-order valence-electron chi connectivity index (χ4n) is 3.16. The Morgan fingerprint density at radius 1 is 1.33 bits per heavy atom. The minimum absolute atomic E-state index is 0.0178. The molecule has 1 aromatic rings. The number of nitrogens with one attached hydrogen (secondary N) is 2. The van der Waals surface area contributed by atoms with Crippen molar-refractivity contribution < 1.29 is 9.59 Å². The van der Waals surface area contributed by atoms with E-state index in [-0.39, 0.29) is 11.8 Å². The summed E-state index contributed by atoms with van der Waals surface area (Å²) in [5.41, 5.74) is 0.439. The van der Waals surface area contributed by atoms with Crippen molar-refractivity contribution in [3.05, 3.63) is 11.1 Å². The van der Waals surface area contributed by atoms with Crippen molar-refractivity contribution in [1.82, 2.24) is 15.2 Å². The minimum atomic E-state index is -0.168. The van der Waals surface area contributed by atoms with Crippen LogP contribution in [0.3, 0.4) is 0 Å². The molecule has 0 radical (unpaired) electrons. The Kier molecular flexibility index (Phi) is 4.21. The van der Waals surface area contributed by atoms with Gasteiger partial charge in [-0.3, -0.25) is 9.59 Å². The number of hydrogen-bond donors (Lipinski definition) is 2. The summed E-state index contributed by atoms with van der Waals surface area (Å²) in [5.74, 6) is 1.22. The Balaban J connectivity index is 1.64. The second kappa shape index (κ2) is 6.11. The number of amides is 2. The predicted molar refractivity (Wildman–Crippen MR) is 81.4 cm³/mol. The van der Waals surface area contributed by atoms with Crippen molar-refractivity contribution in [2.24, 2.45) is 11.8 Å². The van der Waals surface area contributed by atoms with E-state index in [4.69, 9.17) is 0 Å². The fraction of sp³-hybridized carbons (Fsp3) is 0.643. The van der Waals surface area contributed by atoms with Gasteiger partial charge in [-0.15, -0.1) is 11.3 Å². The number of aromatic nitrogens is 1. The number of carbonyl (C=O) groups excluding carboxylic acids is 2. The molecular weight excluding hydrogens is 288 g/mol. The van der Waals surface area contributed by atoms with Crippen molar-refractivity contribution in [3.8, 4) is 0 Å². The zero-order valence-corrected chi connectivity index (χ0v) is 12.9. The summed E-state index contributed by atoms with van der Waals surface area (Å²) in [6, 6.07) is 0. The molecule has 0 bridgehead atoms. The molecule has 3 rings (SSSR count). The standard InChI is InChI=1S/C14H20N4O2S/c1-9(19)16-14-17-12(8-21-14)13(20)18-4-2-10-6-15-7-11(10)3-5-18/h8,10-11,15H,2-7H2,1H3,(H,16,17,19)/t10-,11+. The molecule has 2 aliphatic rings. The van der Waals surface area contributed by atoms with E-state index in [1.165, 1.54) is 18.3 Å². The topological polar surface area (TPSA) is 74.3 Å². The summed E-state index contributed by atoms with van der Waals surface area (Å²) < 4.78 is 0. The van der Waals surface area contributed by atoms with Crippen LogP contribution in [0.1, 0.15) is 30.3 Å². The molecule has 3 heterocycles. The number of carbonyl (C=O) groups is 2. The quantitative estimate of drug-likeness (QED) is 0.860. The number of thiazole rings is 1. The molecule has 2 N–H and O–H groups in total. The first-order chi connectivity index (χ1) is 10.1.